The number of hydrogen-bond donors (Lipinski definition) is 1. The fraction of sp³-hybridized carbons (Fsp3) is 0.500. The number of rotatable bonds is 4. The Morgan fingerprint density at radius 1 is 1.32 bits per heavy atom. The van der Waals surface area contributed by atoms with Crippen molar-refractivity contribution < 1.29 is 26.4 Å². The van der Waals surface area contributed by atoms with E-state index in [9.17, 15) is 26.4 Å². The second-order valence-corrected chi connectivity index (χ2v) is 7.87. The minimum atomic E-state index is -4.44. The number of amides is 1. The Morgan fingerprint density at radius 2 is 1.95 bits per heavy atom. The average molecular weight is 335 g/mol. The molecular formula is C14H16F3NO3S. The van der Waals surface area contributed by atoms with Crippen molar-refractivity contribution in [3.63, 3.8) is 0 Å². The van der Waals surface area contributed by atoms with Gasteiger partial charge in [-0.1, -0.05) is 18.2 Å². The molecule has 1 N–H and O–H groups in total. The quantitative estimate of drug-likeness (QED) is 0.920. The molecule has 122 valence electrons. The summed E-state index contributed by atoms with van der Waals surface area (Å²) >= 11 is 0. The number of sulfonamides is 1. The van der Waals surface area contributed by atoms with Crippen molar-refractivity contribution >= 4 is 15.9 Å². The first-order valence-electron chi connectivity index (χ1n) is 6.75. The number of halogens is 3. The van der Waals surface area contributed by atoms with Crippen LogP contribution >= 0.6 is 0 Å². The van der Waals surface area contributed by atoms with Gasteiger partial charge in [-0.2, -0.15) is 13.2 Å². The largest absolute Gasteiger partial charge is 0.416 e. The van der Waals surface area contributed by atoms with Gasteiger partial charge in [0.1, 0.15) is 0 Å². The molecule has 0 aliphatic heterocycles. The maximum atomic E-state index is 12.7. The molecule has 2 atom stereocenters. The van der Waals surface area contributed by atoms with Gasteiger partial charge in [-0.25, -0.2) is 8.42 Å². The molecule has 22 heavy (non-hydrogen) atoms. The molecule has 2 rings (SSSR count). The lowest BCUT2D eigenvalue weighted by Gasteiger charge is -2.10. The predicted octanol–water partition coefficient (Wildman–Crippen LogP) is 2.66. The van der Waals surface area contributed by atoms with Crippen LogP contribution in [0.15, 0.2) is 24.3 Å². The monoisotopic (exact) mass is 335 g/mol. The van der Waals surface area contributed by atoms with Gasteiger partial charge in [0.2, 0.25) is 15.9 Å². The molecule has 1 saturated carbocycles. The van der Waals surface area contributed by atoms with Gasteiger partial charge in [-0.15, -0.1) is 0 Å². The van der Waals surface area contributed by atoms with Crippen molar-refractivity contribution in [1.82, 2.24) is 4.72 Å². The highest BCUT2D eigenvalue weighted by molar-refractivity contribution is 7.90. The third kappa shape index (κ3) is 3.60. The molecule has 1 amide bonds. The Balaban J connectivity index is 2.08. The third-order valence-corrected chi connectivity index (χ3v) is 5.36. The van der Waals surface area contributed by atoms with Gasteiger partial charge in [-0.3, -0.25) is 9.52 Å². The van der Waals surface area contributed by atoms with E-state index in [0.29, 0.717) is 12.0 Å². The number of carbonyl (C=O) groups is 1. The predicted molar refractivity (Wildman–Crippen MR) is 74.5 cm³/mol. The van der Waals surface area contributed by atoms with Crippen LogP contribution < -0.4 is 4.72 Å². The second kappa shape index (κ2) is 5.57. The van der Waals surface area contributed by atoms with E-state index >= 15 is 0 Å². The van der Waals surface area contributed by atoms with E-state index in [1.807, 2.05) is 4.72 Å². The number of benzene rings is 1. The van der Waals surface area contributed by atoms with Crippen LogP contribution in [0.3, 0.4) is 0 Å². The molecule has 0 saturated heterocycles. The summed E-state index contributed by atoms with van der Waals surface area (Å²) in [7, 11) is -3.72. The second-order valence-electron chi connectivity index (χ2n) is 5.63. The molecule has 0 bridgehead atoms. The number of alkyl halides is 3. The lowest BCUT2D eigenvalue weighted by Crippen LogP contribution is -2.36. The first-order valence-corrected chi connectivity index (χ1v) is 8.29. The van der Waals surface area contributed by atoms with Gasteiger partial charge in [0.25, 0.3) is 0 Å². The van der Waals surface area contributed by atoms with E-state index in [2.05, 4.69) is 0 Å². The van der Waals surface area contributed by atoms with E-state index in [-0.39, 0.29) is 5.92 Å². The summed E-state index contributed by atoms with van der Waals surface area (Å²) in [6.07, 6.45) is -4.09. The lowest BCUT2D eigenvalue weighted by atomic mass is 10.1. The first kappa shape index (κ1) is 16.8. The van der Waals surface area contributed by atoms with E-state index < -0.39 is 38.8 Å². The minimum Gasteiger partial charge on any atom is -0.274 e. The Hall–Kier alpha value is -1.57. The van der Waals surface area contributed by atoms with Crippen LogP contribution in [0.25, 0.3) is 0 Å². The van der Waals surface area contributed by atoms with Crippen LogP contribution in [0, 0.1) is 5.92 Å². The zero-order valence-corrected chi connectivity index (χ0v) is 12.8. The van der Waals surface area contributed by atoms with Crippen molar-refractivity contribution in [3.05, 3.63) is 35.4 Å². The van der Waals surface area contributed by atoms with Crippen LogP contribution in [0.4, 0.5) is 13.2 Å². The van der Waals surface area contributed by atoms with Crippen LogP contribution in [0.5, 0.6) is 0 Å². The van der Waals surface area contributed by atoms with Crippen molar-refractivity contribution in [3.8, 4) is 0 Å². The van der Waals surface area contributed by atoms with Crippen molar-refractivity contribution in [2.45, 2.75) is 37.6 Å². The standard InChI is InChI=1S/C14H16F3NO3S/c1-8(2)22(20,21)18-13(19)12-7-11(12)9-4-3-5-10(6-9)14(15,16)17/h3-6,8,11-12H,7H2,1-2H3,(H,18,19)/t11-,12+/m1/s1. The summed E-state index contributed by atoms with van der Waals surface area (Å²) in [4.78, 5) is 11.9. The highest BCUT2D eigenvalue weighted by Gasteiger charge is 2.45. The topological polar surface area (TPSA) is 63.2 Å². The molecule has 1 aromatic carbocycles. The molecule has 1 aliphatic rings. The summed E-state index contributed by atoms with van der Waals surface area (Å²) in [5.74, 6) is -1.63. The fourth-order valence-electron chi connectivity index (χ4n) is 2.13. The average Bonchev–Trinajstić information content (AvgIpc) is 3.17. The zero-order valence-electron chi connectivity index (χ0n) is 12.0. The lowest BCUT2D eigenvalue weighted by molar-refractivity contribution is -0.137. The Bertz CT molecular complexity index is 683. The first-order chi connectivity index (χ1) is 10.0. The van der Waals surface area contributed by atoms with E-state index in [1.54, 1.807) is 0 Å². The molecular weight excluding hydrogens is 319 g/mol. The summed E-state index contributed by atoms with van der Waals surface area (Å²) in [5, 5.41) is -0.748. The highest BCUT2D eigenvalue weighted by atomic mass is 32.2. The van der Waals surface area contributed by atoms with Gasteiger partial charge in [0, 0.05) is 5.92 Å². The van der Waals surface area contributed by atoms with Crippen LogP contribution in [-0.4, -0.2) is 19.6 Å². The number of carbonyl (C=O) groups excluding carboxylic acids is 1. The maximum absolute atomic E-state index is 12.7. The molecule has 0 radical (unpaired) electrons. The maximum Gasteiger partial charge on any atom is 0.416 e. The molecule has 0 spiro atoms. The molecule has 1 fully saturated rings. The summed E-state index contributed by atoms with van der Waals surface area (Å²) in [5.41, 5.74) is -0.372. The van der Waals surface area contributed by atoms with Crippen molar-refractivity contribution in [2.24, 2.45) is 5.92 Å². The Morgan fingerprint density at radius 3 is 2.50 bits per heavy atom. The van der Waals surface area contributed by atoms with Crippen LogP contribution in [0.2, 0.25) is 0 Å². The smallest absolute Gasteiger partial charge is 0.274 e. The summed E-state index contributed by atoms with van der Waals surface area (Å²) < 4.78 is 63.2. The van der Waals surface area contributed by atoms with E-state index in [1.165, 1.54) is 26.0 Å². The van der Waals surface area contributed by atoms with Gasteiger partial charge in [0.05, 0.1) is 10.8 Å². The Labute approximate surface area is 126 Å². The minimum absolute atomic E-state index is 0.348. The highest BCUT2D eigenvalue weighted by Crippen LogP contribution is 2.48. The molecule has 0 heterocycles. The molecule has 0 aromatic heterocycles. The molecule has 8 heteroatoms. The van der Waals surface area contributed by atoms with Crippen LogP contribution in [0.1, 0.15) is 37.3 Å². The number of nitrogens with one attached hydrogen (secondary N) is 1. The molecule has 4 nitrogen and oxygen atoms in total. The van der Waals surface area contributed by atoms with Crippen LogP contribution in [-0.2, 0) is 21.0 Å². The summed E-state index contributed by atoms with van der Waals surface area (Å²) in [6.45, 7) is 2.87. The van der Waals surface area contributed by atoms with Gasteiger partial charge in [0.15, 0.2) is 0 Å². The Kier molecular flexibility index (Phi) is 4.25. The summed E-state index contributed by atoms with van der Waals surface area (Å²) in [6, 6.07) is 4.78. The fourth-order valence-corrected chi connectivity index (χ4v) is 2.80. The SMILES string of the molecule is CC(C)S(=O)(=O)NC(=O)[C@H]1C[C@@H]1c1cccc(C(F)(F)F)c1. The van der Waals surface area contributed by atoms with Crippen molar-refractivity contribution in [1.29, 1.82) is 0 Å². The van der Waals surface area contributed by atoms with E-state index in [0.717, 1.165) is 12.1 Å². The van der Waals surface area contributed by atoms with Gasteiger partial charge in [-0.05, 0) is 37.8 Å². The van der Waals surface area contributed by atoms with Gasteiger partial charge >= 0.3 is 6.18 Å². The van der Waals surface area contributed by atoms with E-state index in [4.69, 9.17) is 0 Å². The third-order valence-electron chi connectivity index (χ3n) is 3.63. The molecule has 1 aromatic rings. The van der Waals surface area contributed by atoms with Crippen molar-refractivity contribution in [2.75, 3.05) is 0 Å². The number of hydrogen-bond acceptors (Lipinski definition) is 3. The molecule has 1 aliphatic carbocycles. The normalized spacial score (nSPS) is 21.7. The van der Waals surface area contributed by atoms with Gasteiger partial charge < -0.3 is 0 Å². The zero-order chi connectivity index (χ0) is 16.7. The molecule has 0 unspecified atom stereocenters.